The number of hydrogen-bond acceptors (Lipinski definition) is 6. The fourth-order valence-corrected chi connectivity index (χ4v) is 4.11. The highest BCUT2D eigenvalue weighted by molar-refractivity contribution is 7.91. The summed E-state index contributed by atoms with van der Waals surface area (Å²) < 4.78 is 23.2. The van der Waals surface area contributed by atoms with Gasteiger partial charge in [-0.3, -0.25) is 30.0 Å². The van der Waals surface area contributed by atoms with Gasteiger partial charge in [0, 0.05) is 12.8 Å². The van der Waals surface area contributed by atoms with Crippen LogP contribution in [-0.2, 0) is 24.2 Å². The van der Waals surface area contributed by atoms with E-state index in [9.17, 15) is 28.0 Å². The first-order valence-electron chi connectivity index (χ1n) is 11.3. The molecule has 0 saturated heterocycles. The molecular weight excluding hydrogens is 458 g/mol. The van der Waals surface area contributed by atoms with Gasteiger partial charge in [-0.15, -0.1) is 0 Å². The van der Waals surface area contributed by atoms with Crippen molar-refractivity contribution in [3.05, 3.63) is 42.0 Å². The number of hydroxylamine groups is 1. The highest BCUT2D eigenvalue weighted by atomic mass is 32.2. The van der Waals surface area contributed by atoms with Crippen molar-refractivity contribution in [3.63, 3.8) is 0 Å². The Bertz CT molecular complexity index is 945. The van der Waals surface area contributed by atoms with Gasteiger partial charge in [-0.25, -0.2) is 13.9 Å². The van der Waals surface area contributed by atoms with Crippen molar-refractivity contribution in [2.75, 3.05) is 18.6 Å². The lowest BCUT2D eigenvalue weighted by Gasteiger charge is -2.30. The number of hydrazine groups is 1. The third kappa shape index (κ3) is 10.9. The van der Waals surface area contributed by atoms with Crippen molar-refractivity contribution in [1.82, 2.24) is 15.9 Å². The fourth-order valence-electron chi connectivity index (χ4n) is 3.51. The number of benzene rings is 1. The molecule has 0 radical (unpaired) electrons. The standard InChI is InChI=1S/C24H37N3O6S/c1-17(2)14-21(20(24(30)26-31)13-9-12-19-10-7-6-8-11-19)23(29)25-27(15-18(3)4)22(28)16-34(5,32)33/h6-12,17-18,20-21,31H,13-16H2,1-5H3,(H,25,29)(H,26,30)/t20-,21+/m0/s1. The van der Waals surface area contributed by atoms with E-state index in [0.717, 1.165) is 16.8 Å². The summed E-state index contributed by atoms with van der Waals surface area (Å²) in [5.74, 6) is -4.57. The van der Waals surface area contributed by atoms with Crippen LogP contribution >= 0.6 is 0 Å². The van der Waals surface area contributed by atoms with Crippen LogP contribution in [0.5, 0.6) is 0 Å². The maximum absolute atomic E-state index is 13.3. The van der Waals surface area contributed by atoms with Crippen molar-refractivity contribution < 1.29 is 28.0 Å². The molecule has 1 aromatic carbocycles. The Morgan fingerprint density at radius 1 is 1.00 bits per heavy atom. The van der Waals surface area contributed by atoms with Crippen molar-refractivity contribution in [1.29, 1.82) is 0 Å². The summed E-state index contributed by atoms with van der Waals surface area (Å²) in [4.78, 5) is 38.4. The monoisotopic (exact) mass is 495 g/mol. The van der Waals surface area contributed by atoms with E-state index >= 15 is 0 Å². The maximum atomic E-state index is 13.3. The predicted molar refractivity (Wildman–Crippen MR) is 131 cm³/mol. The molecule has 10 heteroatoms. The molecule has 190 valence electrons. The molecule has 1 aromatic rings. The Kier molecular flexibility index (Phi) is 11.9. The Labute approximate surface area is 202 Å². The van der Waals surface area contributed by atoms with E-state index in [0.29, 0.717) is 6.42 Å². The molecule has 3 N–H and O–H groups in total. The molecule has 0 fully saturated rings. The van der Waals surface area contributed by atoms with Crippen molar-refractivity contribution in [3.8, 4) is 0 Å². The smallest absolute Gasteiger partial charge is 0.256 e. The lowest BCUT2D eigenvalue weighted by Crippen LogP contribution is -2.53. The SMILES string of the molecule is CC(C)C[C@@H](C(=O)NN(CC(C)C)C(=O)CS(C)(=O)=O)[C@H](CC=Cc1ccccc1)C(=O)NO. The zero-order valence-corrected chi connectivity index (χ0v) is 21.3. The molecule has 34 heavy (non-hydrogen) atoms. The summed E-state index contributed by atoms with van der Waals surface area (Å²) >= 11 is 0. The molecule has 9 nitrogen and oxygen atoms in total. The van der Waals surface area contributed by atoms with Gasteiger partial charge in [0.25, 0.3) is 5.91 Å². The topological polar surface area (TPSA) is 133 Å². The van der Waals surface area contributed by atoms with Crippen LogP contribution in [0.25, 0.3) is 6.08 Å². The first-order chi connectivity index (χ1) is 15.8. The van der Waals surface area contributed by atoms with Crippen LogP contribution in [0, 0.1) is 23.7 Å². The van der Waals surface area contributed by atoms with Gasteiger partial charge in [-0.2, -0.15) is 0 Å². The Balaban J connectivity index is 3.18. The first kappa shape index (κ1) is 29.3. The quantitative estimate of drug-likeness (QED) is 0.301. The molecule has 0 aliphatic carbocycles. The largest absolute Gasteiger partial charge is 0.289 e. The van der Waals surface area contributed by atoms with E-state index in [2.05, 4.69) is 5.43 Å². The maximum Gasteiger partial charge on any atom is 0.256 e. The average Bonchev–Trinajstić information content (AvgIpc) is 2.73. The van der Waals surface area contributed by atoms with Crippen LogP contribution in [0.3, 0.4) is 0 Å². The number of rotatable bonds is 12. The zero-order chi connectivity index (χ0) is 25.9. The van der Waals surface area contributed by atoms with Crippen molar-refractivity contribution in [2.45, 2.75) is 40.5 Å². The average molecular weight is 496 g/mol. The lowest BCUT2D eigenvalue weighted by molar-refractivity contribution is -0.146. The molecule has 1 rings (SSSR count). The predicted octanol–water partition coefficient (Wildman–Crippen LogP) is 2.43. The van der Waals surface area contributed by atoms with E-state index in [1.54, 1.807) is 11.6 Å². The summed E-state index contributed by atoms with van der Waals surface area (Å²) in [6, 6.07) is 9.43. The minimum absolute atomic E-state index is 0.0353. The number of amides is 3. The normalized spacial score (nSPS) is 13.6. The molecule has 0 aromatic heterocycles. The van der Waals surface area contributed by atoms with E-state index in [1.165, 1.54) is 0 Å². The number of nitrogens with zero attached hydrogens (tertiary/aromatic N) is 1. The van der Waals surface area contributed by atoms with Crippen LogP contribution in [-0.4, -0.2) is 54.9 Å². The van der Waals surface area contributed by atoms with Gasteiger partial charge in [-0.1, -0.05) is 70.2 Å². The molecule has 0 heterocycles. The fraction of sp³-hybridized carbons (Fsp3) is 0.542. The molecule has 3 amide bonds. The molecule has 2 atom stereocenters. The molecule has 0 bridgehead atoms. The summed E-state index contributed by atoms with van der Waals surface area (Å²) in [5.41, 5.74) is 5.11. The van der Waals surface area contributed by atoms with E-state index < -0.39 is 45.1 Å². The van der Waals surface area contributed by atoms with Crippen LogP contribution < -0.4 is 10.9 Å². The molecule has 0 aliphatic rings. The number of hydrogen-bond donors (Lipinski definition) is 3. The van der Waals surface area contributed by atoms with Gasteiger partial charge in [-0.05, 0) is 30.2 Å². The highest BCUT2D eigenvalue weighted by Crippen LogP contribution is 2.25. The first-order valence-corrected chi connectivity index (χ1v) is 13.3. The van der Waals surface area contributed by atoms with Crippen LogP contribution in [0.15, 0.2) is 36.4 Å². The van der Waals surface area contributed by atoms with Crippen molar-refractivity contribution >= 4 is 33.6 Å². The van der Waals surface area contributed by atoms with Crippen molar-refractivity contribution in [2.24, 2.45) is 23.7 Å². The third-order valence-electron chi connectivity index (χ3n) is 4.97. The van der Waals surface area contributed by atoms with Gasteiger partial charge in [0.2, 0.25) is 11.8 Å². The minimum Gasteiger partial charge on any atom is -0.289 e. The van der Waals surface area contributed by atoms with E-state index in [1.807, 2.05) is 64.1 Å². The van der Waals surface area contributed by atoms with E-state index in [-0.39, 0.29) is 24.8 Å². The number of sulfone groups is 1. The lowest BCUT2D eigenvalue weighted by atomic mass is 9.82. The Morgan fingerprint density at radius 3 is 2.12 bits per heavy atom. The highest BCUT2D eigenvalue weighted by Gasteiger charge is 2.35. The number of allylic oxidation sites excluding steroid dienone is 1. The second kappa shape index (κ2) is 13.9. The molecule has 0 aliphatic heterocycles. The molecule has 0 spiro atoms. The van der Waals surface area contributed by atoms with E-state index in [4.69, 9.17) is 0 Å². The minimum atomic E-state index is -3.60. The third-order valence-corrected chi connectivity index (χ3v) is 5.75. The van der Waals surface area contributed by atoms with Gasteiger partial charge >= 0.3 is 0 Å². The summed E-state index contributed by atoms with van der Waals surface area (Å²) in [7, 11) is -3.60. The van der Waals surface area contributed by atoms with Gasteiger partial charge in [0.15, 0.2) is 9.84 Å². The van der Waals surface area contributed by atoms with Crippen LogP contribution in [0.1, 0.15) is 46.1 Å². The van der Waals surface area contributed by atoms with Gasteiger partial charge in [0.1, 0.15) is 5.75 Å². The summed E-state index contributed by atoms with van der Waals surface area (Å²) in [6.07, 6.45) is 5.02. The summed E-state index contributed by atoms with van der Waals surface area (Å²) in [5, 5.41) is 10.3. The number of carbonyl (C=O) groups excluding carboxylic acids is 3. The second-order valence-electron chi connectivity index (χ2n) is 9.31. The van der Waals surface area contributed by atoms with Gasteiger partial charge in [0.05, 0.1) is 11.8 Å². The summed E-state index contributed by atoms with van der Waals surface area (Å²) in [6.45, 7) is 7.56. The van der Waals surface area contributed by atoms with Gasteiger partial charge < -0.3 is 0 Å². The molecule has 0 saturated carbocycles. The number of nitrogens with one attached hydrogen (secondary N) is 2. The van der Waals surface area contributed by atoms with Crippen LogP contribution in [0.2, 0.25) is 0 Å². The molecule has 0 unspecified atom stereocenters. The van der Waals surface area contributed by atoms with Crippen LogP contribution in [0.4, 0.5) is 0 Å². The number of carbonyl (C=O) groups is 3. The second-order valence-corrected chi connectivity index (χ2v) is 11.5. The Hall–Kier alpha value is -2.72. The molecular formula is C24H37N3O6S. The zero-order valence-electron chi connectivity index (χ0n) is 20.5. The Morgan fingerprint density at radius 2 is 1.62 bits per heavy atom.